The van der Waals surface area contributed by atoms with Gasteiger partial charge in [0.15, 0.2) is 0 Å². The molecule has 0 fully saturated rings. The maximum Gasteiger partial charge on any atom is 0.245 e. The lowest BCUT2D eigenvalue weighted by atomic mass is 9.99. The molecule has 236 valence electrons. The second kappa shape index (κ2) is 16.2. The van der Waals surface area contributed by atoms with Gasteiger partial charge in [-0.15, -0.1) is 0 Å². The van der Waals surface area contributed by atoms with Gasteiger partial charge in [-0.05, 0) is 30.9 Å². The lowest BCUT2D eigenvalue weighted by Crippen LogP contribution is -2.59. The normalized spacial score (nSPS) is 15.3. The molecular weight excluding hydrogens is 560 g/mol. The molecule has 6 atom stereocenters. The van der Waals surface area contributed by atoms with Crippen LogP contribution in [0.25, 0.3) is 10.9 Å². The van der Waals surface area contributed by atoms with E-state index < -0.39 is 72.3 Å². The molecule has 0 radical (unpaired) electrons. The van der Waals surface area contributed by atoms with Crippen molar-refractivity contribution in [3.63, 3.8) is 0 Å². The van der Waals surface area contributed by atoms with Gasteiger partial charge in [-0.25, -0.2) is 0 Å². The summed E-state index contributed by atoms with van der Waals surface area (Å²) in [5, 5.41) is 20.4. The van der Waals surface area contributed by atoms with Crippen LogP contribution >= 0.6 is 0 Å². The van der Waals surface area contributed by atoms with E-state index in [4.69, 9.17) is 17.2 Å². The lowest BCUT2D eigenvalue weighted by Gasteiger charge is -2.26. The van der Waals surface area contributed by atoms with Gasteiger partial charge in [0.2, 0.25) is 35.4 Å². The Hall–Kier alpha value is -4.50. The summed E-state index contributed by atoms with van der Waals surface area (Å²) >= 11 is 0. The van der Waals surface area contributed by atoms with Gasteiger partial charge in [-0.2, -0.15) is 0 Å². The fourth-order valence-corrected chi connectivity index (χ4v) is 4.19. The largest absolute Gasteiger partial charge is 0.394 e. The number of aliphatic hydroxyl groups is 1. The number of rotatable bonds is 17. The summed E-state index contributed by atoms with van der Waals surface area (Å²) in [5.41, 5.74) is 18.0. The molecule has 43 heavy (non-hydrogen) atoms. The van der Waals surface area contributed by atoms with Crippen LogP contribution in [0, 0.1) is 5.92 Å². The first-order valence-corrected chi connectivity index (χ1v) is 14.0. The first kappa shape index (κ1) is 34.7. The Morgan fingerprint density at radius 1 is 0.860 bits per heavy atom. The number of hydrogen-bond acceptors (Lipinski definition) is 8. The number of carbonyl (C=O) groups excluding carboxylic acids is 6. The zero-order chi connectivity index (χ0) is 32.3. The van der Waals surface area contributed by atoms with Crippen LogP contribution in [-0.2, 0) is 35.2 Å². The summed E-state index contributed by atoms with van der Waals surface area (Å²) in [5.74, 6) is -4.89. The average Bonchev–Trinajstić information content (AvgIpc) is 3.38. The van der Waals surface area contributed by atoms with Gasteiger partial charge in [0.05, 0.1) is 12.6 Å². The van der Waals surface area contributed by atoms with E-state index in [9.17, 15) is 33.9 Å². The van der Waals surface area contributed by atoms with Gasteiger partial charge in [-0.1, -0.05) is 38.5 Å². The zero-order valence-corrected chi connectivity index (χ0v) is 24.5. The maximum atomic E-state index is 13.5. The number of hydrogen-bond donors (Lipinski definition) is 9. The van der Waals surface area contributed by atoms with Crippen molar-refractivity contribution < 1.29 is 33.9 Å². The van der Waals surface area contributed by atoms with Crippen molar-refractivity contribution in [2.45, 2.75) is 76.7 Å². The zero-order valence-electron chi connectivity index (χ0n) is 24.5. The van der Waals surface area contributed by atoms with E-state index in [2.05, 4.69) is 26.3 Å². The second-order valence-corrected chi connectivity index (χ2v) is 10.5. The average molecular weight is 603 g/mol. The Morgan fingerprint density at radius 2 is 1.44 bits per heavy atom. The van der Waals surface area contributed by atoms with Crippen molar-refractivity contribution in [3.8, 4) is 0 Å². The smallest absolute Gasteiger partial charge is 0.245 e. The molecule has 2 rings (SSSR count). The van der Waals surface area contributed by atoms with E-state index in [0.717, 1.165) is 10.9 Å². The number of benzene rings is 1. The minimum atomic E-state index is -1.45. The van der Waals surface area contributed by atoms with Crippen LogP contribution in [0.4, 0.5) is 0 Å². The summed E-state index contributed by atoms with van der Waals surface area (Å²) < 4.78 is 0. The molecule has 1 heterocycles. The Labute approximate surface area is 249 Å². The van der Waals surface area contributed by atoms with Gasteiger partial charge in [0.25, 0.3) is 0 Å². The van der Waals surface area contributed by atoms with Crippen molar-refractivity contribution in [2.75, 3.05) is 6.61 Å². The number of fused-ring (bicyclic) bond motifs is 1. The molecule has 12 N–H and O–H groups in total. The van der Waals surface area contributed by atoms with Crippen LogP contribution in [0.3, 0.4) is 0 Å². The number of nitrogens with two attached hydrogens (primary N) is 3. The minimum Gasteiger partial charge on any atom is -0.394 e. The van der Waals surface area contributed by atoms with E-state index in [1.807, 2.05) is 31.2 Å². The van der Waals surface area contributed by atoms with E-state index in [0.29, 0.717) is 12.0 Å². The molecule has 0 saturated carbocycles. The first-order chi connectivity index (χ1) is 20.3. The molecule has 0 aliphatic rings. The topological polar surface area (TPSA) is 265 Å². The second-order valence-electron chi connectivity index (χ2n) is 10.5. The molecule has 2 aromatic rings. The van der Waals surface area contributed by atoms with Crippen LogP contribution in [-0.4, -0.2) is 82.3 Å². The number of primary amides is 2. The fraction of sp³-hybridized carbons (Fsp3) is 0.500. The molecule has 0 spiro atoms. The number of carbonyl (C=O) groups is 6. The third-order valence-corrected chi connectivity index (χ3v) is 7.21. The number of para-hydroxylation sites is 1. The quantitative estimate of drug-likeness (QED) is 0.0955. The Bertz CT molecular complexity index is 1310. The van der Waals surface area contributed by atoms with Crippen LogP contribution < -0.4 is 38.5 Å². The van der Waals surface area contributed by atoms with Gasteiger partial charge >= 0.3 is 0 Å². The molecule has 1 aromatic heterocycles. The first-order valence-electron chi connectivity index (χ1n) is 14.0. The monoisotopic (exact) mass is 602 g/mol. The predicted molar refractivity (Wildman–Crippen MR) is 158 cm³/mol. The highest BCUT2D eigenvalue weighted by atomic mass is 16.3. The van der Waals surface area contributed by atoms with Gasteiger partial charge < -0.3 is 48.6 Å². The number of aromatic amines is 1. The Morgan fingerprint density at radius 3 is 2.05 bits per heavy atom. The van der Waals surface area contributed by atoms with Gasteiger partial charge in [-0.3, -0.25) is 28.8 Å². The van der Waals surface area contributed by atoms with E-state index in [1.165, 1.54) is 6.92 Å². The number of H-pyrrole nitrogens is 1. The highest BCUT2D eigenvalue weighted by Crippen LogP contribution is 2.19. The highest BCUT2D eigenvalue weighted by Gasteiger charge is 2.32. The van der Waals surface area contributed by atoms with Gasteiger partial charge in [0.1, 0.15) is 24.2 Å². The minimum absolute atomic E-state index is 0.00756. The third-order valence-electron chi connectivity index (χ3n) is 7.21. The fourth-order valence-electron chi connectivity index (χ4n) is 4.19. The summed E-state index contributed by atoms with van der Waals surface area (Å²) in [6, 6.07) is 1.25. The summed E-state index contributed by atoms with van der Waals surface area (Å²) in [6.07, 6.45) is 1.73. The molecule has 15 heteroatoms. The van der Waals surface area contributed by atoms with Crippen molar-refractivity contribution >= 4 is 46.3 Å². The molecule has 0 aliphatic heterocycles. The molecule has 0 unspecified atom stereocenters. The van der Waals surface area contributed by atoms with Crippen LogP contribution in [0.15, 0.2) is 30.5 Å². The number of aromatic nitrogens is 1. The van der Waals surface area contributed by atoms with Crippen LogP contribution in [0.5, 0.6) is 0 Å². The summed E-state index contributed by atoms with van der Waals surface area (Å²) in [7, 11) is 0. The molecule has 15 nitrogen and oxygen atoms in total. The van der Waals surface area contributed by atoms with E-state index in [1.54, 1.807) is 13.1 Å². The number of amides is 6. The SMILES string of the molecule is CC[C@H](C)[C@H](N)C(=O)N[C@@H](CO)C(=O)N[C@@H](CCC(N)=O)C(=O)N[C@H](Cc1c[nH]c2ccccc12)C(=O)N[C@@H](C)C(N)=O. The van der Waals surface area contributed by atoms with E-state index >= 15 is 0 Å². The van der Waals surface area contributed by atoms with Gasteiger partial charge in [0, 0.05) is 29.9 Å². The van der Waals surface area contributed by atoms with E-state index in [-0.39, 0.29) is 25.2 Å². The number of aliphatic hydroxyl groups excluding tert-OH is 1. The van der Waals surface area contributed by atoms with Crippen molar-refractivity contribution in [3.05, 3.63) is 36.0 Å². The molecule has 1 aromatic carbocycles. The highest BCUT2D eigenvalue weighted by molar-refractivity contribution is 5.96. The molecule has 6 amide bonds. The molecule has 0 bridgehead atoms. The maximum absolute atomic E-state index is 13.5. The lowest BCUT2D eigenvalue weighted by molar-refractivity contribution is -0.135. The summed E-state index contributed by atoms with van der Waals surface area (Å²) in [6.45, 7) is 4.19. The van der Waals surface area contributed by atoms with Crippen molar-refractivity contribution in [1.29, 1.82) is 0 Å². The Balaban J connectivity index is 2.29. The molecule has 0 aliphatic carbocycles. The van der Waals surface area contributed by atoms with Crippen molar-refractivity contribution in [1.82, 2.24) is 26.3 Å². The number of nitrogens with one attached hydrogen (secondary N) is 5. The molecule has 0 saturated heterocycles. The summed E-state index contributed by atoms with van der Waals surface area (Å²) in [4.78, 5) is 78.4. The van der Waals surface area contributed by atoms with Crippen molar-refractivity contribution in [2.24, 2.45) is 23.1 Å². The predicted octanol–water partition coefficient (Wildman–Crippen LogP) is -2.21. The van der Waals surface area contributed by atoms with Crippen LogP contribution in [0.1, 0.15) is 45.6 Å². The third kappa shape index (κ3) is 10.1. The standard InChI is InChI=1S/C28H42N8O7/c1-4-14(2)23(30)28(43)36-21(13-37)27(42)34-19(9-10-22(29)38)25(40)35-20(26(41)33-15(3)24(31)39)11-16-12-32-18-8-6-5-7-17(16)18/h5-8,12,14-15,19-21,23,32,37H,4,9-11,13,30H2,1-3H3,(H2,29,38)(H2,31,39)(H,33,41)(H,34,42)(H,35,40)(H,36,43)/t14-,15-,19-,20+,21-,23-/m0/s1. The van der Waals surface area contributed by atoms with Crippen LogP contribution in [0.2, 0.25) is 0 Å². The Kier molecular flexibility index (Phi) is 13.1. The molecular formula is C28H42N8O7.